The lowest BCUT2D eigenvalue weighted by molar-refractivity contribution is 1.07. The molecule has 3 aromatic carbocycles. The van der Waals surface area contributed by atoms with Crippen molar-refractivity contribution < 1.29 is 0 Å². The van der Waals surface area contributed by atoms with Crippen molar-refractivity contribution in [3.8, 4) is 0 Å². The van der Waals surface area contributed by atoms with Gasteiger partial charge in [-0.3, -0.25) is 0 Å². The summed E-state index contributed by atoms with van der Waals surface area (Å²) in [6.45, 7) is 0.609. The Morgan fingerprint density at radius 1 is 0.750 bits per heavy atom. The fourth-order valence-electron chi connectivity index (χ4n) is 2.20. The molecule has 0 aliphatic rings. The lowest BCUT2D eigenvalue weighted by atomic mass is 10.1. The highest BCUT2D eigenvalue weighted by Gasteiger charge is 1.99. The molecule has 3 rings (SSSR count). The predicted molar refractivity (Wildman–Crippen MR) is 87.8 cm³/mol. The van der Waals surface area contributed by atoms with E-state index in [4.69, 9.17) is 5.73 Å². The Balaban J connectivity index is 1.72. The van der Waals surface area contributed by atoms with Gasteiger partial charge in [-0.25, -0.2) is 0 Å². The summed E-state index contributed by atoms with van der Waals surface area (Å²) in [5.74, 6) is 0.989. The zero-order chi connectivity index (χ0) is 13.8. The maximum absolute atomic E-state index is 5.61. The van der Waals surface area contributed by atoms with Crippen LogP contribution in [0.3, 0.4) is 0 Å². The summed E-state index contributed by atoms with van der Waals surface area (Å²) in [6, 6.07) is 23.7. The molecule has 0 fully saturated rings. The minimum Gasteiger partial charge on any atom is -0.326 e. The monoisotopic (exact) mass is 279 g/mol. The molecule has 1 nitrogen and oxygen atoms in total. The van der Waals surface area contributed by atoms with Gasteiger partial charge in [-0.1, -0.05) is 54.6 Å². The van der Waals surface area contributed by atoms with Crippen LogP contribution in [0, 0.1) is 0 Å². The molecular formula is C18H17NS. The zero-order valence-corrected chi connectivity index (χ0v) is 12.1. The molecule has 0 radical (unpaired) electrons. The Morgan fingerprint density at radius 2 is 1.45 bits per heavy atom. The molecule has 0 spiro atoms. The summed E-state index contributed by atoms with van der Waals surface area (Å²) >= 11 is 1.87. The first-order valence-electron chi connectivity index (χ1n) is 6.74. The molecule has 0 heterocycles. The van der Waals surface area contributed by atoms with E-state index in [1.807, 2.05) is 11.8 Å². The average molecular weight is 279 g/mol. The van der Waals surface area contributed by atoms with Crippen LogP contribution in [0.4, 0.5) is 0 Å². The first kappa shape index (κ1) is 13.2. The maximum atomic E-state index is 5.61. The molecule has 0 atom stereocenters. The van der Waals surface area contributed by atoms with Gasteiger partial charge in [-0.05, 0) is 34.0 Å². The Hall–Kier alpha value is -1.77. The van der Waals surface area contributed by atoms with E-state index >= 15 is 0 Å². The molecular weight excluding hydrogens is 262 g/mol. The number of nitrogens with two attached hydrogens (primary N) is 1. The van der Waals surface area contributed by atoms with E-state index in [0.29, 0.717) is 6.54 Å². The van der Waals surface area contributed by atoms with Crippen LogP contribution in [0.2, 0.25) is 0 Å². The summed E-state index contributed by atoms with van der Waals surface area (Å²) in [7, 11) is 0. The maximum Gasteiger partial charge on any atom is 0.0232 e. The highest BCUT2D eigenvalue weighted by atomic mass is 32.2. The van der Waals surface area contributed by atoms with Crippen molar-refractivity contribution >= 4 is 22.5 Å². The molecule has 0 unspecified atom stereocenters. The second-order valence-corrected chi connectivity index (χ2v) is 5.87. The van der Waals surface area contributed by atoms with Crippen molar-refractivity contribution in [3.63, 3.8) is 0 Å². The van der Waals surface area contributed by atoms with Gasteiger partial charge in [0.05, 0.1) is 0 Å². The van der Waals surface area contributed by atoms with E-state index in [0.717, 1.165) is 5.75 Å². The molecule has 0 aromatic heterocycles. The van der Waals surface area contributed by atoms with Crippen molar-refractivity contribution in [3.05, 3.63) is 77.9 Å². The van der Waals surface area contributed by atoms with Gasteiger partial charge in [0.25, 0.3) is 0 Å². The van der Waals surface area contributed by atoms with Gasteiger partial charge < -0.3 is 5.73 Å². The molecule has 0 bridgehead atoms. The third-order valence-electron chi connectivity index (χ3n) is 3.39. The lowest BCUT2D eigenvalue weighted by Crippen LogP contribution is -1.95. The van der Waals surface area contributed by atoms with E-state index in [-0.39, 0.29) is 0 Å². The van der Waals surface area contributed by atoms with Gasteiger partial charge in [0.1, 0.15) is 0 Å². The number of thioether (sulfide) groups is 1. The molecule has 100 valence electrons. The smallest absolute Gasteiger partial charge is 0.0232 e. The molecule has 0 saturated heterocycles. The van der Waals surface area contributed by atoms with E-state index in [9.17, 15) is 0 Å². The van der Waals surface area contributed by atoms with Crippen LogP contribution in [-0.2, 0) is 12.3 Å². The van der Waals surface area contributed by atoms with E-state index < -0.39 is 0 Å². The van der Waals surface area contributed by atoms with Crippen molar-refractivity contribution in [2.45, 2.75) is 17.2 Å². The minimum atomic E-state index is 0.609. The number of rotatable bonds is 4. The second-order valence-electron chi connectivity index (χ2n) is 4.82. The zero-order valence-electron chi connectivity index (χ0n) is 11.3. The van der Waals surface area contributed by atoms with Crippen LogP contribution < -0.4 is 5.73 Å². The number of fused-ring (bicyclic) bond motifs is 1. The van der Waals surface area contributed by atoms with Gasteiger partial charge in [0.2, 0.25) is 0 Å². The normalized spacial score (nSPS) is 10.8. The fraction of sp³-hybridized carbons (Fsp3) is 0.111. The number of hydrogen-bond acceptors (Lipinski definition) is 2. The topological polar surface area (TPSA) is 26.0 Å². The fourth-order valence-corrected chi connectivity index (χ4v) is 3.10. The molecule has 0 amide bonds. The standard InChI is InChI=1S/C18H17NS/c19-12-14-5-7-15(8-6-14)13-20-18-10-9-16-3-1-2-4-17(16)11-18/h1-11H,12-13,19H2. The third-order valence-corrected chi connectivity index (χ3v) is 4.45. The Kier molecular flexibility index (Phi) is 4.05. The van der Waals surface area contributed by atoms with Crippen molar-refractivity contribution in [1.29, 1.82) is 0 Å². The second kappa shape index (κ2) is 6.12. The summed E-state index contributed by atoms with van der Waals surface area (Å²) < 4.78 is 0. The van der Waals surface area contributed by atoms with Crippen molar-refractivity contribution in [2.24, 2.45) is 5.73 Å². The lowest BCUT2D eigenvalue weighted by Gasteiger charge is -2.05. The van der Waals surface area contributed by atoms with Gasteiger partial charge in [-0.2, -0.15) is 0 Å². The van der Waals surface area contributed by atoms with Crippen molar-refractivity contribution in [2.75, 3.05) is 0 Å². The number of hydrogen-bond donors (Lipinski definition) is 1. The molecule has 3 aromatic rings. The van der Waals surface area contributed by atoms with Crippen LogP contribution in [-0.4, -0.2) is 0 Å². The van der Waals surface area contributed by atoms with Gasteiger partial charge >= 0.3 is 0 Å². The minimum absolute atomic E-state index is 0.609. The van der Waals surface area contributed by atoms with E-state index in [2.05, 4.69) is 66.7 Å². The summed E-state index contributed by atoms with van der Waals surface area (Å²) in [5.41, 5.74) is 8.13. The van der Waals surface area contributed by atoms with Crippen LogP contribution in [0.25, 0.3) is 10.8 Å². The third kappa shape index (κ3) is 3.03. The summed E-state index contributed by atoms with van der Waals surface area (Å²) in [5, 5.41) is 2.60. The molecule has 0 aliphatic heterocycles. The Bertz CT molecular complexity index is 704. The molecule has 2 heteroatoms. The molecule has 2 N–H and O–H groups in total. The highest BCUT2D eigenvalue weighted by molar-refractivity contribution is 7.98. The van der Waals surface area contributed by atoms with Gasteiger partial charge in [0.15, 0.2) is 0 Å². The Labute approximate surface area is 123 Å². The molecule has 0 saturated carbocycles. The quantitative estimate of drug-likeness (QED) is 0.707. The molecule has 20 heavy (non-hydrogen) atoms. The SMILES string of the molecule is NCc1ccc(CSc2ccc3ccccc3c2)cc1. The Morgan fingerprint density at radius 3 is 2.20 bits per heavy atom. The first-order chi connectivity index (χ1) is 9.85. The van der Waals surface area contributed by atoms with Crippen LogP contribution in [0.15, 0.2) is 71.6 Å². The van der Waals surface area contributed by atoms with Crippen LogP contribution in [0.1, 0.15) is 11.1 Å². The van der Waals surface area contributed by atoms with Crippen molar-refractivity contribution in [1.82, 2.24) is 0 Å². The summed E-state index contributed by atoms with van der Waals surface area (Å²) in [4.78, 5) is 1.31. The number of benzene rings is 3. The average Bonchev–Trinajstić information content (AvgIpc) is 2.53. The van der Waals surface area contributed by atoms with Crippen LogP contribution in [0.5, 0.6) is 0 Å². The van der Waals surface area contributed by atoms with Gasteiger partial charge in [0, 0.05) is 17.2 Å². The summed E-state index contributed by atoms with van der Waals surface area (Å²) in [6.07, 6.45) is 0. The van der Waals surface area contributed by atoms with Crippen LogP contribution >= 0.6 is 11.8 Å². The van der Waals surface area contributed by atoms with E-state index in [1.165, 1.54) is 26.8 Å². The van der Waals surface area contributed by atoms with E-state index in [1.54, 1.807) is 0 Å². The first-order valence-corrected chi connectivity index (χ1v) is 7.73. The predicted octanol–water partition coefficient (Wildman–Crippen LogP) is 4.59. The molecule has 0 aliphatic carbocycles. The highest BCUT2D eigenvalue weighted by Crippen LogP contribution is 2.26. The largest absolute Gasteiger partial charge is 0.326 e. The van der Waals surface area contributed by atoms with Gasteiger partial charge in [-0.15, -0.1) is 11.8 Å².